The Balaban J connectivity index is 1.38. The molecule has 2 heteroatoms. The van der Waals surface area contributed by atoms with Gasteiger partial charge in [0.05, 0.1) is 22.4 Å². The third kappa shape index (κ3) is 3.33. The van der Waals surface area contributed by atoms with Gasteiger partial charge in [-0.05, 0) is 83.6 Å². The minimum absolute atomic E-state index is 0.122. The third-order valence-electron chi connectivity index (χ3n) is 8.11. The maximum atomic E-state index is 5.01. The smallest absolute Gasteiger partial charge is 0.0712 e. The number of rotatable bonds is 2. The lowest BCUT2D eigenvalue weighted by Crippen LogP contribution is -2.15. The van der Waals surface area contributed by atoms with Crippen LogP contribution >= 0.6 is 0 Å². The molecule has 2 nitrogen and oxygen atoms in total. The zero-order valence-electron chi connectivity index (χ0n) is 21.6. The fourth-order valence-electron chi connectivity index (χ4n) is 6.02. The van der Waals surface area contributed by atoms with E-state index in [0.717, 1.165) is 22.4 Å². The number of fused-ring (bicyclic) bond motifs is 5. The highest BCUT2D eigenvalue weighted by atomic mass is 14.7. The average Bonchev–Trinajstić information content (AvgIpc) is 3.12. The Morgan fingerprint density at radius 3 is 1.38 bits per heavy atom. The van der Waals surface area contributed by atoms with Crippen LogP contribution in [0.3, 0.4) is 0 Å². The van der Waals surface area contributed by atoms with E-state index in [9.17, 15) is 0 Å². The molecule has 0 saturated heterocycles. The lowest BCUT2D eigenvalue weighted by molar-refractivity contribution is 0.660. The first-order valence-electron chi connectivity index (χ1n) is 12.9. The van der Waals surface area contributed by atoms with E-state index in [-0.39, 0.29) is 5.41 Å². The lowest BCUT2D eigenvalue weighted by atomic mass is 9.80. The van der Waals surface area contributed by atoms with E-state index in [1.807, 2.05) is 0 Å². The number of aryl methyl sites for hydroxylation is 2. The van der Waals surface area contributed by atoms with Gasteiger partial charge >= 0.3 is 0 Å². The molecular formula is C35H28N2. The van der Waals surface area contributed by atoms with Crippen LogP contribution in [0.25, 0.3) is 55.4 Å². The molecular weight excluding hydrogens is 448 g/mol. The van der Waals surface area contributed by atoms with Crippen LogP contribution in [-0.4, -0.2) is 9.97 Å². The van der Waals surface area contributed by atoms with E-state index in [4.69, 9.17) is 9.97 Å². The monoisotopic (exact) mass is 476 g/mol. The van der Waals surface area contributed by atoms with Gasteiger partial charge in [-0.1, -0.05) is 74.5 Å². The second-order valence-corrected chi connectivity index (χ2v) is 10.8. The number of pyridine rings is 2. The summed E-state index contributed by atoms with van der Waals surface area (Å²) >= 11 is 0. The fraction of sp³-hybridized carbons (Fsp3) is 0.143. The first-order valence-corrected chi connectivity index (χ1v) is 12.9. The van der Waals surface area contributed by atoms with Crippen LogP contribution in [0, 0.1) is 13.8 Å². The van der Waals surface area contributed by atoms with Crippen molar-refractivity contribution in [1.29, 1.82) is 0 Å². The summed E-state index contributed by atoms with van der Waals surface area (Å²) in [5, 5.41) is 2.34. The Morgan fingerprint density at radius 1 is 0.486 bits per heavy atom. The highest BCUT2D eigenvalue weighted by Crippen LogP contribution is 2.51. The molecule has 1 aliphatic carbocycles. The van der Waals surface area contributed by atoms with Gasteiger partial charge in [-0.25, -0.2) is 9.97 Å². The van der Waals surface area contributed by atoms with E-state index >= 15 is 0 Å². The molecule has 178 valence electrons. The summed E-state index contributed by atoms with van der Waals surface area (Å²) in [5.41, 5.74) is 14.3. The van der Waals surface area contributed by atoms with Crippen molar-refractivity contribution < 1.29 is 0 Å². The van der Waals surface area contributed by atoms with E-state index in [1.54, 1.807) is 0 Å². The number of hydrogen-bond acceptors (Lipinski definition) is 2. The maximum Gasteiger partial charge on any atom is 0.0712 e. The van der Waals surface area contributed by atoms with Crippen LogP contribution < -0.4 is 0 Å². The standard InChI is InChI=1S/C35H28N2/c1-21-17-27-28-18-22(2)26(34-16-14-24-10-6-8-12-32(24)37-34)20-30(28)35(3,4)29(27)19-25(21)33-15-13-23-9-5-7-11-31(23)36-33/h5-20H,1-4H3. The van der Waals surface area contributed by atoms with Crippen LogP contribution in [0.1, 0.15) is 36.1 Å². The molecule has 0 radical (unpaired) electrons. The molecule has 2 heterocycles. The fourth-order valence-corrected chi connectivity index (χ4v) is 6.02. The van der Waals surface area contributed by atoms with Crippen LogP contribution in [0.4, 0.5) is 0 Å². The van der Waals surface area contributed by atoms with Crippen LogP contribution in [0.5, 0.6) is 0 Å². The highest BCUT2D eigenvalue weighted by Gasteiger charge is 2.37. The zero-order chi connectivity index (χ0) is 25.3. The summed E-state index contributed by atoms with van der Waals surface area (Å²) < 4.78 is 0. The summed E-state index contributed by atoms with van der Waals surface area (Å²) in [7, 11) is 0. The second-order valence-electron chi connectivity index (χ2n) is 10.8. The van der Waals surface area contributed by atoms with Crippen molar-refractivity contribution in [3.8, 4) is 33.6 Å². The van der Waals surface area contributed by atoms with Crippen LogP contribution in [-0.2, 0) is 5.41 Å². The molecule has 0 fully saturated rings. The van der Waals surface area contributed by atoms with Gasteiger partial charge in [-0.3, -0.25) is 0 Å². The van der Waals surface area contributed by atoms with Crippen LogP contribution in [0.15, 0.2) is 97.1 Å². The molecule has 0 amide bonds. The van der Waals surface area contributed by atoms with E-state index in [1.165, 1.54) is 55.3 Å². The van der Waals surface area contributed by atoms with Gasteiger partial charge < -0.3 is 0 Å². The van der Waals surface area contributed by atoms with Crippen molar-refractivity contribution in [3.63, 3.8) is 0 Å². The third-order valence-corrected chi connectivity index (χ3v) is 8.11. The zero-order valence-corrected chi connectivity index (χ0v) is 21.6. The van der Waals surface area contributed by atoms with Crippen LogP contribution in [0.2, 0.25) is 0 Å². The van der Waals surface area contributed by atoms with Crippen molar-refractivity contribution >= 4 is 21.8 Å². The van der Waals surface area contributed by atoms with Crippen molar-refractivity contribution in [2.45, 2.75) is 33.1 Å². The van der Waals surface area contributed by atoms with Gasteiger partial charge in [-0.2, -0.15) is 0 Å². The molecule has 4 aromatic carbocycles. The topological polar surface area (TPSA) is 25.8 Å². The Labute approximate surface area is 217 Å². The Hall–Kier alpha value is -4.30. The number of hydrogen-bond donors (Lipinski definition) is 0. The Kier molecular flexibility index (Phi) is 4.65. The van der Waals surface area contributed by atoms with Crippen molar-refractivity contribution in [3.05, 3.63) is 119 Å². The first kappa shape index (κ1) is 21.9. The predicted molar refractivity (Wildman–Crippen MR) is 155 cm³/mol. The van der Waals surface area contributed by atoms with Gasteiger partial charge in [0.15, 0.2) is 0 Å². The molecule has 0 aliphatic heterocycles. The van der Waals surface area contributed by atoms with Gasteiger partial charge in [-0.15, -0.1) is 0 Å². The molecule has 37 heavy (non-hydrogen) atoms. The number of benzene rings is 4. The molecule has 0 spiro atoms. The molecule has 0 N–H and O–H groups in total. The summed E-state index contributed by atoms with van der Waals surface area (Å²) in [6.45, 7) is 9.10. The quantitative estimate of drug-likeness (QED) is 0.249. The van der Waals surface area contributed by atoms with Gasteiger partial charge in [0.1, 0.15) is 0 Å². The highest BCUT2D eigenvalue weighted by molar-refractivity contribution is 5.89. The Morgan fingerprint density at radius 2 is 0.919 bits per heavy atom. The van der Waals surface area contributed by atoms with E-state index < -0.39 is 0 Å². The average molecular weight is 477 g/mol. The summed E-state index contributed by atoms with van der Waals surface area (Å²) in [6, 6.07) is 34.8. The van der Waals surface area contributed by atoms with E-state index in [2.05, 4.69) is 125 Å². The number of para-hydroxylation sites is 2. The van der Waals surface area contributed by atoms with Gasteiger partial charge in [0.2, 0.25) is 0 Å². The number of nitrogens with zero attached hydrogens (tertiary/aromatic N) is 2. The van der Waals surface area contributed by atoms with Gasteiger partial charge in [0, 0.05) is 27.3 Å². The van der Waals surface area contributed by atoms with Crippen molar-refractivity contribution in [1.82, 2.24) is 9.97 Å². The molecule has 0 bridgehead atoms. The molecule has 6 aromatic rings. The second kappa shape index (κ2) is 7.85. The predicted octanol–water partition coefficient (Wildman–Crippen LogP) is 9.04. The molecule has 0 atom stereocenters. The summed E-state index contributed by atoms with van der Waals surface area (Å²) in [4.78, 5) is 10.0. The molecule has 0 unspecified atom stereocenters. The minimum Gasteiger partial charge on any atom is -0.248 e. The van der Waals surface area contributed by atoms with Crippen molar-refractivity contribution in [2.75, 3.05) is 0 Å². The van der Waals surface area contributed by atoms with E-state index in [0.29, 0.717) is 0 Å². The minimum atomic E-state index is -0.122. The maximum absolute atomic E-state index is 5.01. The molecule has 2 aromatic heterocycles. The Bertz CT molecular complexity index is 1740. The SMILES string of the molecule is Cc1cc2c(cc1-c1ccc3ccccc3n1)C(C)(C)c1cc(-c3ccc4ccccc4n3)c(C)cc1-2. The summed E-state index contributed by atoms with van der Waals surface area (Å²) in [5.74, 6) is 0. The molecule has 0 saturated carbocycles. The largest absolute Gasteiger partial charge is 0.248 e. The summed E-state index contributed by atoms with van der Waals surface area (Å²) in [6.07, 6.45) is 0. The first-order chi connectivity index (χ1) is 17.9. The normalized spacial score (nSPS) is 13.6. The molecule has 1 aliphatic rings. The lowest BCUT2D eigenvalue weighted by Gasteiger charge is -2.23. The van der Waals surface area contributed by atoms with Gasteiger partial charge in [0.25, 0.3) is 0 Å². The number of aromatic nitrogens is 2. The molecule has 7 rings (SSSR count). The van der Waals surface area contributed by atoms with Crippen molar-refractivity contribution in [2.24, 2.45) is 0 Å².